The Morgan fingerprint density at radius 2 is 1.40 bits per heavy atom. The maximum absolute atomic E-state index is 2.40. The van der Waals surface area contributed by atoms with E-state index >= 15 is 0 Å². The molecule has 0 spiro atoms. The number of para-hydroxylation sites is 2. The molecule has 0 aliphatic heterocycles. The average Bonchev–Trinajstić information content (AvgIpc) is 3.41. The number of hydrogen-bond donors (Lipinski definition) is 0. The van der Waals surface area contributed by atoms with E-state index in [1.165, 1.54) is 48.0 Å². The minimum Gasteiger partial charge on any atom is -0.310 e. The van der Waals surface area contributed by atoms with E-state index in [1.807, 2.05) is 22.7 Å². The molecule has 0 bridgehead atoms. The Balaban J connectivity index is 1.55. The zero-order chi connectivity index (χ0) is 20.3. The summed E-state index contributed by atoms with van der Waals surface area (Å²) in [6.45, 7) is 4.76. The van der Waals surface area contributed by atoms with E-state index in [4.69, 9.17) is 0 Å². The van der Waals surface area contributed by atoms with E-state index in [2.05, 4.69) is 109 Å². The number of thiophene rings is 2. The lowest BCUT2D eigenvalue weighted by Crippen LogP contribution is -2.16. The first kappa shape index (κ1) is 17.9. The van der Waals surface area contributed by atoms with Gasteiger partial charge in [0.2, 0.25) is 0 Å². The Hall–Kier alpha value is -2.88. The number of anilines is 3. The lowest BCUT2D eigenvalue weighted by atomic mass is 9.82. The van der Waals surface area contributed by atoms with Gasteiger partial charge in [-0.25, -0.2) is 0 Å². The lowest BCUT2D eigenvalue weighted by molar-refractivity contribution is 0.668. The molecular weight excluding hydrogens is 402 g/mol. The third kappa shape index (κ3) is 2.52. The second-order valence-corrected chi connectivity index (χ2v) is 10.2. The van der Waals surface area contributed by atoms with Gasteiger partial charge < -0.3 is 4.90 Å². The van der Waals surface area contributed by atoms with Crippen molar-refractivity contribution in [3.63, 3.8) is 0 Å². The Labute approximate surface area is 184 Å². The highest BCUT2D eigenvalue weighted by molar-refractivity contribution is 7.29. The summed E-state index contributed by atoms with van der Waals surface area (Å²) in [6.07, 6.45) is 0. The van der Waals surface area contributed by atoms with Gasteiger partial charge in [0, 0.05) is 36.8 Å². The van der Waals surface area contributed by atoms with Crippen LogP contribution in [-0.2, 0) is 5.41 Å². The van der Waals surface area contributed by atoms with Gasteiger partial charge in [0.05, 0.1) is 0 Å². The fourth-order valence-electron chi connectivity index (χ4n) is 4.70. The summed E-state index contributed by atoms with van der Waals surface area (Å²) in [5.41, 5.74) is 7.89. The Bertz CT molecular complexity index is 1320. The maximum Gasteiger partial charge on any atom is 0.0497 e. The van der Waals surface area contributed by atoms with Gasteiger partial charge in [-0.3, -0.25) is 0 Å². The summed E-state index contributed by atoms with van der Waals surface area (Å²) in [5, 5.41) is 2.22. The van der Waals surface area contributed by atoms with Crippen molar-refractivity contribution in [2.75, 3.05) is 4.90 Å². The molecule has 0 unspecified atom stereocenters. The first-order valence-electron chi connectivity index (χ1n) is 10.2. The molecule has 2 aromatic heterocycles. The van der Waals surface area contributed by atoms with E-state index in [0.717, 1.165) is 0 Å². The maximum atomic E-state index is 2.40. The molecule has 0 amide bonds. The van der Waals surface area contributed by atoms with Crippen LogP contribution in [0.5, 0.6) is 0 Å². The standard InChI is InChI=1S/C27H21NS2/c1-27(2)22-17-20(13-14-21(22)25-24(27)26-23(30-25)15-16-29-26)28(18-9-5-3-6-10-18)19-11-7-4-8-12-19/h3-17H,1-2H3. The summed E-state index contributed by atoms with van der Waals surface area (Å²) >= 11 is 3.82. The van der Waals surface area contributed by atoms with Crippen molar-refractivity contribution in [3.8, 4) is 10.4 Å². The molecule has 6 rings (SSSR count). The highest BCUT2D eigenvalue weighted by atomic mass is 32.1. The Morgan fingerprint density at radius 1 is 0.733 bits per heavy atom. The van der Waals surface area contributed by atoms with E-state index in [9.17, 15) is 0 Å². The van der Waals surface area contributed by atoms with Gasteiger partial charge in [-0.1, -0.05) is 56.3 Å². The molecule has 0 saturated heterocycles. The van der Waals surface area contributed by atoms with Crippen LogP contribution < -0.4 is 4.90 Å². The minimum absolute atomic E-state index is 0.00280. The molecule has 3 heteroatoms. The van der Waals surface area contributed by atoms with Gasteiger partial charge in [0.25, 0.3) is 0 Å². The van der Waals surface area contributed by atoms with Crippen LogP contribution in [0.3, 0.4) is 0 Å². The molecular formula is C27H21NS2. The van der Waals surface area contributed by atoms with Crippen molar-refractivity contribution < 1.29 is 0 Å². The SMILES string of the molecule is CC1(C)c2cc(N(c3ccccc3)c3ccccc3)ccc2-c2sc3ccsc3c21. The lowest BCUT2D eigenvalue weighted by Gasteiger charge is -2.28. The molecule has 5 aromatic rings. The van der Waals surface area contributed by atoms with Crippen molar-refractivity contribution >= 4 is 49.1 Å². The van der Waals surface area contributed by atoms with E-state index in [1.54, 1.807) is 0 Å². The fraction of sp³-hybridized carbons (Fsp3) is 0.111. The zero-order valence-corrected chi connectivity index (χ0v) is 18.6. The van der Waals surface area contributed by atoms with Crippen molar-refractivity contribution in [2.24, 2.45) is 0 Å². The summed E-state index contributed by atoms with van der Waals surface area (Å²) in [4.78, 5) is 3.80. The summed E-state index contributed by atoms with van der Waals surface area (Å²) < 4.78 is 2.88. The fourth-order valence-corrected chi connectivity index (χ4v) is 7.42. The van der Waals surface area contributed by atoms with Crippen molar-refractivity contribution in [2.45, 2.75) is 19.3 Å². The smallest absolute Gasteiger partial charge is 0.0497 e. The van der Waals surface area contributed by atoms with Crippen LogP contribution in [0.2, 0.25) is 0 Å². The number of hydrogen-bond acceptors (Lipinski definition) is 3. The molecule has 1 nitrogen and oxygen atoms in total. The molecule has 1 aliphatic carbocycles. The van der Waals surface area contributed by atoms with Crippen LogP contribution in [-0.4, -0.2) is 0 Å². The molecule has 0 radical (unpaired) electrons. The molecule has 1 aliphatic rings. The first-order chi connectivity index (χ1) is 14.6. The quantitative estimate of drug-likeness (QED) is 0.280. The van der Waals surface area contributed by atoms with E-state index < -0.39 is 0 Å². The molecule has 0 saturated carbocycles. The van der Waals surface area contributed by atoms with Gasteiger partial charge in [0.15, 0.2) is 0 Å². The van der Waals surface area contributed by atoms with Crippen LogP contribution in [0.4, 0.5) is 17.1 Å². The van der Waals surface area contributed by atoms with Crippen LogP contribution >= 0.6 is 22.7 Å². The van der Waals surface area contributed by atoms with Crippen LogP contribution in [0.15, 0.2) is 90.3 Å². The minimum atomic E-state index is 0.00280. The molecule has 0 N–H and O–H groups in total. The van der Waals surface area contributed by atoms with Crippen molar-refractivity contribution in [1.29, 1.82) is 0 Å². The largest absolute Gasteiger partial charge is 0.310 e. The monoisotopic (exact) mass is 423 g/mol. The number of rotatable bonds is 3. The number of nitrogens with zero attached hydrogens (tertiary/aromatic N) is 1. The third-order valence-corrected chi connectivity index (χ3v) is 8.38. The highest BCUT2D eigenvalue weighted by Crippen LogP contribution is 2.57. The van der Waals surface area contributed by atoms with Gasteiger partial charge >= 0.3 is 0 Å². The van der Waals surface area contributed by atoms with E-state index in [0.29, 0.717) is 0 Å². The van der Waals surface area contributed by atoms with Gasteiger partial charge in [0.1, 0.15) is 0 Å². The van der Waals surface area contributed by atoms with Crippen molar-refractivity contribution in [1.82, 2.24) is 0 Å². The summed E-state index contributed by atoms with van der Waals surface area (Å²) in [5.74, 6) is 0. The predicted molar refractivity (Wildman–Crippen MR) is 132 cm³/mol. The van der Waals surface area contributed by atoms with Gasteiger partial charge in [-0.2, -0.15) is 0 Å². The topological polar surface area (TPSA) is 3.24 Å². The molecule has 30 heavy (non-hydrogen) atoms. The van der Waals surface area contributed by atoms with E-state index in [-0.39, 0.29) is 5.41 Å². The second-order valence-electron chi connectivity index (χ2n) is 8.28. The molecule has 2 heterocycles. The van der Waals surface area contributed by atoms with Gasteiger partial charge in [-0.05, 0) is 64.5 Å². The number of benzene rings is 3. The molecule has 3 aromatic carbocycles. The van der Waals surface area contributed by atoms with Crippen LogP contribution in [0.25, 0.3) is 19.8 Å². The number of fused-ring (bicyclic) bond motifs is 5. The van der Waals surface area contributed by atoms with Crippen molar-refractivity contribution in [3.05, 3.63) is 101 Å². The highest BCUT2D eigenvalue weighted by Gasteiger charge is 2.39. The molecule has 0 fully saturated rings. The van der Waals surface area contributed by atoms with Gasteiger partial charge in [-0.15, -0.1) is 22.7 Å². The Morgan fingerprint density at radius 3 is 2.07 bits per heavy atom. The average molecular weight is 424 g/mol. The summed E-state index contributed by atoms with van der Waals surface area (Å²) in [6, 6.07) is 30.5. The Kier molecular flexibility index (Phi) is 3.92. The third-order valence-electron chi connectivity index (χ3n) is 6.13. The first-order valence-corrected chi connectivity index (χ1v) is 11.9. The second kappa shape index (κ2) is 6.56. The van der Waals surface area contributed by atoms with Crippen LogP contribution in [0.1, 0.15) is 25.0 Å². The van der Waals surface area contributed by atoms with Crippen LogP contribution in [0, 0.1) is 0 Å². The normalized spacial score (nSPS) is 13.9. The molecule has 0 atom stereocenters. The molecule has 146 valence electrons. The zero-order valence-electron chi connectivity index (χ0n) is 16.9. The predicted octanol–water partition coefficient (Wildman–Crippen LogP) is 8.74. The summed E-state index contributed by atoms with van der Waals surface area (Å²) in [7, 11) is 0.